The number of hydrogen-bond acceptors (Lipinski definition) is 5. The number of hydrogen-bond donors (Lipinski definition) is 1. The number of benzene rings is 1. The molecule has 128 valence electrons. The molecule has 1 N–H and O–H groups in total. The van der Waals surface area contributed by atoms with Gasteiger partial charge in [-0.05, 0) is 30.5 Å². The van der Waals surface area contributed by atoms with Crippen LogP contribution in [0.1, 0.15) is 24.4 Å². The lowest BCUT2D eigenvalue weighted by molar-refractivity contribution is 0.165. The highest BCUT2D eigenvalue weighted by Gasteiger charge is 2.24. The van der Waals surface area contributed by atoms with Gasteiger partial charge in [0.05, 0.1) is 21.3 Å². The van der Waals surface area contributed by atoms with E-state index in [0.717, 1.165) is 39.0 Å². The topological polar surface area (TPSA) is 43.0 Å². The van der Waals surface area contributed by atoms with Gasteiger partial charge < -0.3 is 19.5 Å². The highest BCUT2D eigenvalue weighted by Crippen LogP contribution is 2.41. The summed E-state index contributed by atoms with van der Waals surface area (Å²) in [5, 5.41) is 3.41. The minimum absolute atomic E-state index is 0.323. The molecule has 0 bridgehead atoms. The van der Waals surface area contributed by atoms with Gasteiger partial charge in [-0.25, -0.2) is 0 Å². The first-order chi connectivity index (χ1) is 11.2. The minimum atomic E-state index is 0.323. The van der Waals surface area contributed by atoms with Crippen LogP contribution in [0.3, 0.4) is 0 Å². The number of nitrogens with zero attached hydrogens (tertiary/aromatic N) is 1. The SMILES string of the molecule is C=CCC[C@@H](c1cc(OC)c(OC)c(OC)c1)N1CCNCC1. The number of methoxy groups -OCH3 is 3. The standard InChI is InChI=1S/C18H28N2O3/c1-5-6-7-15(20-10-8-19-9-11-20)14-12-16(21-2)18(23-4)17(13-14)22-3/h5,12-13,15,19H,1,6-11H2,2-4H3/t15-/m0/s1. The Morgan fingerprint density at radius 2 is 1.74 bits per heavy atom. The van der Waals surface area contributed by atoms with Crippen LogP contribution in [-0.2, 0) is 0 Å². The summed E-state index contributed by atoms with van der Waals surface area (Å²) in [6, 6.07) is 4.46. The van der Waals surface area contributed by atoms with Crippen molar-refractivity contribution in [2.75, 3.05) is 47.5 Å². The molecule has 5 nitrogen and oxygen atoms in total. The fourth-order valence-electron chi connectivity index (χ4n) is 3.12. The van der Waals surface area contributed by atoms with Gasteiger partial charge in [0, 0.05) is 32.2 Å². The molecule has 1 aliphatic heterocycles. The maximum Gasteiger partial charge on any atom is 0.203 e. The molecule has 1 atom stereocenters. The van der Waals surface area contributed by atoms with E-state index in [4.69, 9.17) is 14.2 Å². The third-order valence-corrected chi connectivity index (χ3v) is 4.31. The van der Waals surface area contributed by atoms with Gasteiger partial charge in [-0.3, -0.25) is 4.90 Å². The second-order valence-corrected chi connectivity index (χ2v) is 5.63. The normalized spacial score (nSPS) is 16.7. The smallest absolute Gasteiger partial charge is 0.203 e. The maximum absolute atomic E-state index is 5.51. The molecular formula is C18H28N2O3. The van der Waals surface area contributed by atoms with Crippen LogP contribution in [0, 0.1) is 0 Å². The first-order valence-electron chi connectivity index (χ1n) is 8.10. The quantitative estimate of drug-likeness (QED) is 0.746. The van der Waals surface area contributed by atoms with Crippen LogP contribution >= 0.6 is 0 Å². The average Bonchev–Trinajstić information content (AvgIpc) is 2.61. The van der Waals surface area contributed by atoms with Crippen LogP contribution in [-0.4, -0.2) is 52.4 Å². The Hall–Kier alpha value is -1.72. The molecule has 0 amide bonds. The van der Waals surface area contributed by atoms with E-state index in [1.807, 2.05) is 6.08 Å². The van der Waals surface area contributed by atoms with Crippen molar-refractivity contribution in [2.24, 2.45) is 0 Å². The van der Waals surface area contributed by atoms with Gasteiger partial charge in [-0.2, -0.15) is 0 Å². The average molecular weight is 320 g/mol. The molecule has 0 radical (unpaired) electrons. The summed E-state index contributed by atoms with van der Waals surface area (Å²) >= 11 is 0. The van der Waals surface area contributed by atoms with E-state index in [2.05, 4.69) is 28.9 Å². The molecule has 1 fully saturated rings. The summed E-state index contributed by atoms with van der Waals surface area (Å²) in [5.74, 6) is 2.06. The van der Waals surface area contributed by atoms with Crippen molar-refractivity contribution in [3.05, 3.63) is 30.4 Å². The van der Waals surface area contributed by atoms with Crippen molar-refractivity contribution >= 4 is 0 Å². The molecule has 5 heteroatoms. The van der Waals surface area contributed by atoms with Crippen LogP contribution in [0.5, 0.6) is 17.2 Å². The third-order valence-electron chi connectivity index (χ3n) is 4.31. The Kier molecular flexibility index (Phi) is 6.74. The van der Waals surface area contributed by atoms with E-state index in [0.29, 0.717) is 23.3 Å². The van der Waals surface area contributed by atoms with Gasteiger partial charge in [0.1, 0.15) is 0 Å². The van der Waals surface area contributed by atoms with Gasteiger partial charge in [-0.15, -0.1) is 6.58 Å². The van der Waals surface area contributed by atoms with Crippen LogP contribution in [0.15, 0.2) is 24.8 Å². The first kappa shape index (κ1) is 17.6. The Bertz CT molecular complexity index is 488. The zero-order chi connectivity index (χ0) is 16.7. The molecule has 1 heterocycles. The van der Waals surface area contributed by atoms with Gasteiger partial charge in [-0.1, -0.05) is 6.08 Å². The molecule has 0 unspecified atom stereocenters. The molecule has 0 spiro atoms. The van der Waals surface area contributed by atoms with Crippen LogP contribution < -0.4 is 19.5 Å². The molecule has 0 aromatic heterocycles. The third kappa shape index (κ3) is 4.18. The lowest BCUT2D eigenvalue weighted by Crippen LogP contribution is -2.45. The van der Waals surface area contributed by atoms with Gasteiger partial charge in [0.15, 0.2) is 11.5 Å². The van der Waals surface area contributed by atoms with Crippen LogP contribution in [0.4, 0.5) is 0 Å². The van der Waals surface area contributed by atoms with E-state index in [-0.39, 0.29) is 0 Å². The van der Waals surface area contributed by atoms with Crippen molar-refractivity contribution in [3.8, 4) is 17.2 Å². The maximum atomic E-state index is 5.51. The Morgan fingerprint density at radius 3 is 2.22 bits per heavy atom. The molecular weight excluding hydrogens is 292 g/mol. The second kappa shape index (κ2) is 8.79. The van der Waals surface area contributed by atoms with Crippen molar-refractivity contribution in [1.29, 1.82) is 0 Å². The van der Waals surface area contributed by atoms with E-state index >= 15 is 0 Å². The molecule has 2 rings (SSSR count). The van der Waals surface area contributed by atoms with Gasteiger partial charge in [0.2, 0.25) is 5.75 Å². The summed E-state index contributed by atoms with van der Waals surface area (Å²) in [6.45, 7) is 7.99. The lowest BCUT2D eigenvalue weighted by Gasteiger charge is -2.35. The van der Waals surface area contributed by atoms with Gasteiger partial charge in [0.25, 0.3) is 0 Å². The second-order valence-electron chi connectivity index (χ2n) is 5.63. The summed E-state index contributed by atoms with van der Waals surface area (Å²) < 4.78 is 16.4. The number of piperazine rings is 1. The number of ether oxygens (including phenoxy) is 3. The fourth-order valence-corrected chi connectivity index (χ4v) is 3.12. The van der Waals surface area contributed by atoms with Crippen molar-refractivity contribution in [1.82, 2.24) is 10.2 Å². The highest BCUT2D eigenvalue weighted by atomic mass is 16.5. The van der Waals surface area contributed by atoms with Gasteiger partial charge >= 0.3 is 0 Å². The van der Waals surface area contributed by atoms with Crippen LogP contribution in [0.2, 0.25) is 0 Å². The van der Waals surface area contributed by atoms with E-state index < -0.39 is 0 Å². The molecule has 1 saturated heterocycles. The molecule has 0 saturated carbocycles. The Labute approximate surface area is 139 Å². The summed E-state index contributed by atoms with van der Waals surface area (Å²) in [7, 11) is 4.95. The predicted octanol–water partition coefficient (Wildman–Crippen LogP) is 2.62. The molecule has 1 aromatic carbocycles. The number of allylic oxidation sites excluding steroid dienone is 1. The monoisotopic (exact) mass is 320 g/mol. The van der Waals surface area contributed by atoms with E-state index in [1.54, 1.807) is 21.3 Å². The van der Waals surface area contributed by atoms with E-state index in [1.165, 1.54) is 5.56 Å². The summed E-state index contributed by atoms with van der Waals surface area (Å²) in [4.78, 5) is 2.51. The molecule has 1 aromatic rings. The van der Waals surface area contributed by atoms with Crippen molar-refractivity contribution in [2.45, 2.75) is 18.9 Å². The molecule has 23 heavy (non-hydrogen) atoms. The Morgan fingerprint density at radius 1 is 1.13 bits per heavy atom. The van der Waals surface area contributed by atoms with E-state index in [9.17, 15) is 0 Å². The van der Waals surface area contributed by atoms with Crippen LogP contribution in [0.25, 0.3) is 0 Å². The summed E-state index contributed by atoms with van der Waals surface area (Å²) in [6.07, 6.45) is 3.99. The fraction of sp³-hybridized carbons (Fsp3) is 0.556. The zero-order valence-corrected chi connectivity index (χ0v) is 14.4. The Balaban J connectivity index is 2.37. The first-order valence-corrected chi connectivity index (χ1v) is 8.10. The lowest BCUT2D eigenvalue weighted by atomic mass is 9.98. The van der Waals surface area contributed by atoms with Crippen molar-refractivity contribution < 1.29 is 14.2 Å². The molecule has 1 aliphatic rings. The number of nitrogens with one attached hydrogen (secondary N) is 1. The molecule has 0 aliphatic carbocycles. The number of rotatable bonds is 8. The van der Waals surface area contributed by atoms with Crippen molar-refractivity contribution in [3.63, 3.8) is 0 Å². The zero-order valence-electron chi connectivity index (χ0n) is 14.4. The minimum Gasteiger partial charge on any atom is -0.493 e. The highest BCUT2D eigenvalue weighted by molar-refractivity contribution is 5.54. The summed E-state index contributed by atoms with van der Waals surface area (Å²) in [5.41, 5.74) is 1.20. The largest absolute Gasteiger partial charge is 0.493 e. The predicted molar refractivity (Wildman–Crippen MR) is 92.7 cm³/mol.